The van der Waals surface area contributed by atoms with Crippen molar-refractivity contribution < 1.29 is 33.4 Å². The molecule has 6 rings (SSSR count). The van der Waals surface area contributed by atoms with Gasteiger partial charge in [0.25, 0.3) is 0 Å². The summed E-state index contributed by atoms with van der Waals surface area (Å²) in [6.45, 7) is 0.944. The molecule has 2 N–H and O–H groups in total. The van der Waals surface area contributed by atoms with Gasteiger partial charge in [-0.2, -0.15) is 4.57 Å². The highest BCUT2D eigenvalue weighted by Crippen LogP contribution is 2.43. The van der Waals surface area contributed by atoms with Gasteiger partial charge in [0.15, 0.2) is 35.7 Å². The lowest BCUT2D eigenvalue weighted by molar-refractivity contribution is -0.686. The molecular weight excluding hydrogens is 460 g/mol. The number of aryl methyl sites for hydroxylation is 2. The molecule has 2 aliphatic heterocycles. The van der Waals surface area contributed by atoms with Crippen LogP contribution in [0.25, 0.3) is 22.0 Å². The average molecular weight is 486 g/mol. The summed E-state index contributed by atoms with van der Waals surface area (Å²) < 4.78 is 24.7. The van der Waals surface area contributed by atoms with E-state index in [1.807, 2.05) is 24.3 Å². The van der Waals surface area contributed by atoms with Crippen molar-refractivity contribution in [2.75, 3.05) is 26.3 Å². The zero-order valence-corrected chi connectivity index (χ0v) is 20.0. The molecule has 8 nitrogen and oxygen atoms in total. The van der Waals surface area contributed by atoms with Crippen LogP contribution >= 0.6 is 0 Å². The molecule has 0 aliphatic carbocycles. The second-order valence-electron chi connectivity index (χ2n) is 8.80. The molecule has 0 spiro atoms. The number of carbonyl (C=O) groups excluding carboxylic acids is 1. The molecule has 0 radical (unpaired) electrons. The Morgan fingerprint density at radius 2 is 1.81 bits per heavy atom. The van der Waals surface area contributed by atoms with Crippen LogP contribution in [0.4, 0.5) is 5.69 Å². The standard InChI is InChI=1S/C28H24N2O6/c1-33-23-8-7-19-21(13-26(32)29-17-3-5-18(31)6-4-17)27-20-12-25-24(35-15-36-25)11-16(20)9-10-30(27)14-22(19)28(23)34-2/h3-8,11-12,14H,9-10,13,15H2,1-2H3,(H-,29,31,32)/p+1. The van der Waals surface area contributed by atoms with Gasteiger partial charge in [-0.25, -0.2) is 0 Å². The van der Waals surface area contributed by atoms with Crippen molar-refractivity contribution in [1.82, 2.24) is 0 Å². The van der Waals surface area contributed by atoms with Crippen LogP contribution in [0.2, 0.25) is 0 Å². The third-order valence-corrected chi connectivity index (χ3v) is 6.73. The van der Waals surface area contributed by atoms with Crippen LogP contribution in [-0.2, 0) is 24.2 Å². The molecule has 182 valence electrons. The van der Waals surface area contributed by atoms with Gasteiger partial charge in [-0.15, -0.1) is 0 Å². The van der Waals surface area contributed by atoms with E-state index in [4.69, 9.17) is 18.9 Å². The fraction of sp³-hybridized carbons (Fsp3) is 0.214. The second kappa shape index (κ2) is 8.64. The molecule has 1 aromatic heterocycles. The Bertz CT molecular complexity index is 1510. The Morgan fingerprint density at radius 1 is 1.03 bits per heavy atom. The molecule has 8 heteroatoms. The monoisotopic (exact) mass is 485 g/mol. The van der Waals surface area contributed by atoms with Gasteiger partial charge in [-0.1, -0.05) is 0 Å². The molecule has 0 bridgehead atoms. The molecule has 1 amide bonds. The topological polar surface area (TPSA) is 90.1 Å². The number of ether oxygens (including phenoxy) is 4. The fourth-order valence-electron chi connectivity index (χ4n) is 5.10. The number of rotatable bonds is 5. The number of hydrogen-bond donors (Lipinski definition) is 2. The lowest BCUT2D eigenvalue weighted by atomic mass is 9.89. The lowest BCUT2D eigenvalue weighted by Gasteiger charge is -2.21. The molecule has 3 aromatic carbocycles. The van der Waals surface area contributed by atoms with E-state index in [1.165, 1.54) is 0 Å². The summed E-state index contributed by atoms with van der Waals surface area (Å²) in [4.78, 5) is 13.3. The van der Waals surface area contributed by atoms with E-state index < -0.39 is 0 Å². The van der Waals surface area contributed by atoms with E-state index in [1.54, 1.807) is 38.5 Å². The van der Waals surface area contributed by atoms with E-state index in [0.717, 1.165) is 51.9 Å². The fourth-order valence-corrected chi connectivity index (χ4v) is 5.10. The molecule has 36 heavy (non-hydrogen) atoms. The number of pyridine rings is 1. The maximum Gasteiger partial charge on any atom is 0.231 e. The van der Waals surface area contributed by atoms with Crippen LogP contribution in [0, 0.1) is 0 Å². The normalized spacial score (nSPS) is 13.2. The van der Waals surface area contributed by atoms with Gasteiger partial charge in [-0.05, 0) is 54.1 Å². The lowest BCUT2D eigenvalue weighted by Crippen LogP contribution is -2.41. The number of phenolic OH excluding ortho intramolecular Hbond substituents is 1. The Hall–Kier alpha value is -4.46. The first-order valence-electron chi connectivity index (χ1n) is 11.7. The van der Waals surface area contributed by atoms with Gasteiger partial charge in [0.2, 0.25) is 18.4 Å². The predicted molar refractivity (Wildman–Crippen MR) is 133 cm³/mol. The summed E-state index contributed by atoms with van der Waals surface area (Å²) in [6.07, 6.45) is 3.03. The second-order valence-corrected chi connectivity index (χ2v) is 8.80. The largest absolute Gasteiger partial charge is 0.508 e. The van der Waals surface area contributed by atoms with Gasteiger partial charge in [0.05, 0.1) is 31.6 Å². The Balaban J connectivity index is 1.53. The van der Waals surface area contributed by atoms with E-state index in [9.17, 15) is 9.90 Å². The van der Waals surface area contributed by atoms with Crippen LogP contribution in [-0.4, -0.2) is 32.0 Å². The number of amides is 1. The minimum atomic E-state index is -0.168. The number of aromatic hydroxyl groups is 1. The van der Waals surface area contributed by atoms with E-state index in [-0.39, 0.29) is 24.9 Å². The Morgan fingerprint density at radius 3 is 2.56 bits per heavy atom. The first kappa shape index (κ1) is 22.0. The number of benzene rings is 3. The number of carbonyl (C=O) groups is 1. The molecule has 4 aromatic rings. The Kier molecular flexibility index (Phi) is 5.29. The van der Waals surface area contributed by atoms with Crippen LogP contribution in [0.1, 0.15) is 11.1 Å². The highest BCUT2D eigenvalue weighted by atomic mass is 16.7. The number of methoxy groups -OCH3 is 2. The molecule has 0 atom stereocenters. The van der Waals surface area contributed by atoms with Crippen LogP contribution in [0.3, 0.4) is 0 Å². The van der Waals surface area contributed by atoms with Crippen molar-refractivity contribution in [2.24, 2.45) is 0 Å². The maximum absolute atomic E-state index is 13.3. The number of nitrogens with one attached hydrogen (secondary N) is 1. The number of anilines is 1. The van der Waals surface area contributed by atoms with Crippen molar-refractivity contribution in [1.29, 1.82) is 0 Å². The maximum atomic E-state index is 13.3. The van der Waals surface area contributed by atoms with Gasteiger partial charge in [0.1, 0.15) is 5.75 Å². The highest BCUT2D eigenvalue weighted by molar-refractivity contribution is 6.00. The van der Waals surface area contributed by atoms with E-state index >= 15 is 0 Å². The third kappa shape index (κ3) is 3.62. The molecule has 0 saturated carbocycles. The zero-order chi connectivity index (χ0) is 24.8. The number of hydrogen-bond acceptors (Lipinski definition) is 6. The first-order valence-corrected chi connectivity index (χ1v) is 11.7. The van der Waals surface area contributed by atoms with Crippen molar-refractivity contribution in [3.63, 3.8) is 0 Å². The molecular formula is C28H25N2O6+. The minimum absolute atomic E-state index is 0.136. The van der Waals surface area contributed by atoms with E-state index in [2.05, 4.69) is 16.1 Å². The number of phenols is 1. The Labute approximate surface area is 207 Å². The van der Waals surface area contributed by atoms with Crippen LogP contribution < -0.4 is 28.8 Å². The van der Waals surface area contributed by atoms with Crippen molar-refractivity contribution in [3.05, 3.63) is 65.9 Å². The summed E-state index contributed by atoms with van der Waals surface area (Å²) in [5.41, 5.74) is 4.64. The molecule has 0 unspecified atom stereocenters. The number of fused-ring (bicyclic) bond motifs is 5. The van der Waals surface area contributed by atoms with Crippen LogP contribution in [0.15, 0.2) is 54.7 Å². The van der Waals surface area contributed by atoms with Gasteiger partial charge in [-0.3, -0.25) is 4.79 Å². The molecule has 0 saturated heterocycles. The number of nitrogens with zero attached hydrogens (tertiary/aromatic N) is 1. The van der Waals surface area contributed by atoms with Gasteiger partial charge < -0.3 is 29.4 Å². The summed E-state index contributed by atoms with van der Waals surface area (Å²) >= 11 is 0. The SMILES string of the molecule is COc1ccc2c(CC(=O)Nc3ccc(O)cc3)c3[n+](cc2c1OC)CCc1cc2c(cc1-3)OCO2. The average Bonchev–Trinajstić information content (AvgIpc) is 3.35. The van der Waals surface area contributed by atoms with E-state index in [0.29, 0.717) is 22.9 Å². The molecule has 2 aliphatic rings. The smallest absolute Gasteiger partial charge is 0.231 e. The minimum Gasteiger partial charge on any atom is -0.508 e. The first-order chi connectivity index (χ1) is 17.6. The summed E-state index contributed by atoms with van der Waals surface area (Å²) in [5.74, 6) is 2.68. The highest BCUT2D eigenvalue weighted by Gasteiger charge is 2.33. The van der Waals surface area contributed by atoms with Gasteiger partial charge >= 0.3 is 0 Å². The summed E-state index contributed by atoms with van der Waals surface area (Å²) in [6, 6.07) is 14.3. The van der Waals surface area contributed by atoms with Crippen molar-refractivity contribution >= 4 is 22.4 Å². The third-order valence-electron chi connectivity index (χ3n) is 6.73. The predicted octanol–water partition coefficient (Wildman–Crippen LogP) is 3.98. The van der Waals surface area contributed by atoms with Crippen molar-refractivity contribution in [3.8, 4) is 40.0 Å². The van der Waals surface area contributed by atoms with Crippen LogP contribution in [0.5, 0.6) is 28.7 Å². The van der Waals surface area contributed by atoms with Crippen molar-refractivity contribution in [2.45, 2.75) is 19.4 Å². The number of aromatic nitrogens is 1. The molecule has 0 fully saturated rings. The molecule has 3 heterocycles. The summed E-state index contributed by atoms with van der Waals surface area (Å²) in [7, 11) is 3.23. The zero-order valence-electron chi connectivity index (χ0n) is 20.0. The summed E-state index contributed by atoms with van der Waals surface area (Å²) in [5, 5.41) is 14.3. The van der Waals surface area contributed by atoms with Gasteiger partial charge in [0, 0.05) is 23.1 Å². The quantitative estimate of drug-likeness (QED) is 0.328.